The number of aryl methyl sites for hydroxylation is 2. The smallest absolute Gasteiger partial charge is 0.428 e. The topological polar surface area (TPSA) is 64.8 Å². The Morgan fingerprint density at radius 3 is 2.27 bits per heavy atom. The summed E-state index contributed by atoms with van der Waals surface area (Å²) in [6, 6.07) is 14.1. The zero-order valence-electron chi connectivity index (χ0n) is 27.5. The highest BCUT2D eigenvalue weighted by Gasteiger charge is 2.44. The zero-order valence-corrected chi connectivity index (χ0v) is 29.9. The molecule has 0 saturated heterocycles. The van der Waals surface area contributed by atoms with E-state index < -0.39 is 37.6 Å². The van der Waals surface area contributed by atoms with Gasteiger partial charge in [-0.3, -0.25) is 4.68 Å². The molecule has 18 heteroatoms. The van der Waals surface area contributed by atoms with Gasteiger partial charge in [0.05, 0.1) is 25.2 Å². The van der Waals surface area contributed by atoms with Gasteiger partial charge in [-0.05, 0) is 79.9 Å². The van der Waals surface area contributed by atoms with Crippen molar-refractivity contribution in [2.45, 2.75) is 68.1 Å². The number of nitrogens with zero attached hydrogens (tertiary/aromatic N) is 5. The van der Waals surface area contributed by atoms with E-state index in [1.54, 1.807) is 12.4 Å². The van der Waals surface area contributed by atoms with Crippen LogP contribution in [-0.4, -0.2) is 71.3 Å². The number of rotatable bonds is 15. The Kier molecular flexibility index (Phi) is 15.4. The molecule has 4 aromatic rings. The summed E-state index contributed by atoms with van der Waals surface area (Å²) in [5.74, 6) is -1.06. The van der Waals surface area contributed by atoms with Gasteiger partial charge in [-0.1, -0.05) is 47.1 Å². The van der Waals surface area contributed by atoms with Crippen molar-refractivity contribution in [3.05, 3.63) is 94.0 Å². The van der Waals surface area contributed by atoms with Crippen molar-refractivity contribution >= 4 is 47.0 Å². The van der Waals surface area contributed by atoms with E-state index in [4.69, 9.17) is 23.2 Å². The Morgan fingerprint density at radius 2 is 1.67 bits per heavy atom. The summed E-state index contributed by atoms with van der Waals surface area (Å²) >= 11 is 13.2. The van der Waals surface area contributed by atoms with Crippen LogP contribution in [0.2, 0.25) is 10.0 Å². The van der Waals surface area contributed by atoms with Crippen LogP contribution in [0.5, 0.6) is 5.75 Å². The molecule has 0 aliphatic rings. The van der Waals surface area contributed by atoms with E-state index in [0.29, 0.717) is 15.5 Å². The monoisotopic (exact) mass is 785 g/mol. The second kappa shape index (κ2) is 18.8. The first-order valence-electron chi connectivity index (χ1n) is 15.0. The van der Waals surface area contributed by atoms with Crippen LogP contribution in [0, 0.1) is 13.8 Å². The van der Waals surface area contributed by atoms with Gasteiger partial charge in [-0.2, -0.15) is 31.4 Å². The molecule has 0 aliphatic heterocycles. The van der Waals surface area contributed by atoms with Gasteiger partial charge in [0.1, 0.15) is 18.4 Å². The maximum Gasteiger partial charge on any atom is 0.461 e. The Hall–Kier alpha value is -3.60. The molecule has 1 atom stereocenters. The predicted octanol–water partition coefficient (Wildman–Crippen LogP) is 10.5. The molecule has 0 amide bonds. The van der Waals surface area contributed by atoms with Crippen LogP contribution in [0.25, 0.3) is 0 Å². The van der Waals surface area contributed by atoms with Gasteiger partial charge in [0.2, 0.25) is 0 Å². The first-order valence-corrected chi connectivity index (χ1v) is 16.5. The van der Waals surface area contributed by atoms with Crippen LogP contribution < -0.4 is 4.74 Å². The fourth-order valence-electron chi connectivity index (χ4n) is 4.10. The number of aromatic nitrogens is 3. The van der Waals surface area contributed by atoms with Gasteiger partial charge < -0.3 is 14.4 Å². The molecule has 0 spiro atoms. The molecule has 3 aromatic carbocycles. The van der Waals surface area contributed by atoms with E-state index in [2.05, 4.69) is 24.5 Å². The molecular weight excluding hydrogens is 753 g/mol. The summed E-state index contributed by atoms with van der Waals surface area (Å²) in [6.45, 7) is 6.12. The minimum atomic E-state index is -4.54. The minimum Gasteiger partial charge on any atom is -0.428 e. The van der Waals surface area contributed by atoms with Gasteiger partial charge in [0, 0.05) is 39.3 Å². The fraction of sp³-hybridized carbons (Fsp3) is 0.364. The molecule has 0 saturated carbocycles. The molecule has 0 fully saturated rings. The summed E-state index contributed by atoms with van der Waals surface area (Å²) < 4.78 is 111. The van der Waals surface area contributed by atoms with E-state index in [-0.39, 0.29) is 17.3 Å². The van der Waals surface area contributed by atoms with Crippen molar-refractivity contribution in [2.24, 2.45) is 4.99 Å². The Bertz CT molecular complexity index is 1740. The highest BCUT2D eigenvalue weighted by molar-refractivity contribution is 7.99. The van der Waals surface area contributed by atoms with Crippen molar-refractivity contribution in [3.8, 4) is 5.75 Å². The molecule has 51 heavy (non-hydrogen) atoms. The van der Waals surface area contributed by atoms with Crippen molar-refractivity contribution in [2.75, 3.05) is 20.2 Å². The lowest BCUT2D eigenvalue weighted by Crippen LogP contribution is -2.33. The second-order valence-electron chi connectivity index (χ2n) is 10.9. The number of halogens is 10. The number of aliphatic imine (C=N–C) groups is 1. The number of hydrogen-bond acceptors (Lipinski definition) is 6. The summed E-state index contributed by atoms with van der Waals surface area (Å²) in [4.78, 5) is 11.7. The molecule has 0 aliphatic carbocycles. The normalized spacial score (nSPS) is 12.7. The molecule has 0 radical (unpaired) electrons. The first-order chi connectivity index (χ1) is 23.9. The number of alkyl halides is 8. The summed E-state index contributed by atoms with van der Waals surface area (Å²) in [5, 5.41) is 4.43. The largest absolute Gasteiger partial charge is 0.461 e. The lowest BCUT2D eigenvalue weighted by Gasteiger charge is -2.22. The molecule has 1 unspecified atom stereocenters. The van der Waals surface area contributed by atoms with Gasteiger partial charge in [-0.15, -0.1) is 0 Å². The molecule has 1 heterocycles. The molecule has 1 aromatic heterocycles. The molecule has 7 nitrogen and oxygen atoms in total. The quantitative estimate of drug-likeness (QED) is 0.0679. The van der Waals surface area contributed by atoms with E-state index >= 15 is 0 Å². The van der Waals surface area contributed by atoms with Crippen molar-refractivity contribution < 1.29 is 44.6 Å². The zero-order chi connectivity index (χ0) is 37.9. The molecule has 278 valence electrons. The summed E-state index contributed by atoms with van der Waals surface area (Å²) in [7, 11) is 1.93. The van der Waals surface area contributed by atoms with Crippen LogP contribution in [0.3, 0.4) is 0 Å². The van der Waals surface area contributed by atoms with Gasteiger partial charge in [0.15, 0.2) is 0 Å². The second-order valence-corrected chi connectivity index (χ2v) is 12.9. The van der Waals surface area contributed by atoms with Crippen LogP contribution in [0.15, 0.2) is 82.0 Å². The van der Waals surface area contributed by atoms with E-state index in [9.17, 15) is 35.1 Å². The predicted molar refractivity (Wildman–Crippen MR) is 181 cm³/mol. The molecule has 4 rings (SSSR count). The summed E-state index contributed by atoms with van der Waals surface area (Å²) in [5.41, 5.74) is 3.20. The van der Waals surface area contributed by atoms with E-state index in [0.717, 1.165) is 28.3 Å². The Morgan fingerprint density at radius 1 is 0.961 bits per heavy atom. The number of ether oxygens (including phenoxy) is 2. The maximum absolute atomic E-state index is 13.1. The van der Waals surface area contributed by atoms with E-state index in [1.165, 1.54) is 65.5 Å². The number of benzene rings is 3. The molecule has 0 N–H and O–H groups in total. The average Bonchev–Trinajstić information content (AvgIpc) is 3.57. The van der Waals surface area contributed by atoms with Crippen LogP contribution in [-0.2, 0) is 11.3 Å². The molecular formula is C33H33Cl2F8N5O2S. The van der Waals surface area contributed by atoms with Gasteiger partial charge in [-0.25, -0.2) is 18.8 Å². The fourth-order valence-corrected chi connectivity index (χ4v) is 5.69. The minimum absolute atomic E-state index is 0.0701. The van der Waals surface area contributed by atoms with Crippen molar-refractivity contribution in [1.82, 2.24) is 19.7 Å². The van der Waals surface area contributed by atoms with Crippen LogP contribution >= 0.6 is 35.0 Å². The average molecular weight is 787 g/mol. The Labute approximate surface area is 303 Å². The van der Waals surface area contributed by atoms with Crippen molar-refractivity contribution in [1.29, 1.82) is 0 Å². The number of hydrogen-bond donors (Lipinski definition) is 0. The van der Waals surface area contributed by atoms with E-state index in [1.807, 2.05) is 44.9 Å². The molecule has 0 bridgehead atoms. The standard InChI is InChI=1S/C20H22F4N2OS.C13H11Cl2F4N3O/c1-5-26(4)12-25-17-9-14(3)18(10-13(17)2)28-16-8-6-7-15(11-16)27-20(23,24)19(21)22;14-9-1-2-10(11(15)3-9)8(4-22-7-20-6-21-22)5-23-13(18,19)12(16)17/h6-12,19H,5H2,1-4H3;1-3,6-8,12H,4-5H2. The van der Waals surface area contributed by atoms with Crippen LogP contribution in [0.4, 0.5) is 40.8 Å². The third kappa shape index (κ3) is 12.8. The highest BCUT2D eigenvalue weighted by Crippen LogP contribution is 2.37. The highest BCUT2D eigenvalue weighted by atomic mass is 35.5. The van der Waals surface area contributed by atoms with Gasteiger partial charge in [0.25, 0.3) is 0 Å². The lowest BCUT2D eigenvalue weighted by atomic mass is 10.00. The summed E-state index contributed by atoms with van der Waals surface area (Å²) in [6.07, 6.45) is -12.5. The third-order valence-electron chi connectivity index (χ3n) is 6.93. The van der Waals surface area contributed by atoms with Gasteiger partial charge >= 0.3 is 25.1 Å². The third-order valence-corrected chi connectivity index (χ3v) is 8.65. The lowest BCUT2D eigenvalue weighted by molar-refractivity contribution is -0.302. The van der Waals surface area contributed by atoms with Crippen LogP contribution in [0.1, 0.15) is 29.5 Å². The first kappa shape index (κ1) is 41.8. The maximum atomic E-state index is 13.1. The SMILES string of the molecule is CCN(C)C=Nc1cc(C)c(Sc2cccc(OC(F)(F)C(F)F)c2)cc1C.FC(F)C(F)(F)OCC(Cn1cncn1)c1ccc(Cl)cc1Cl. The van der Waals surface area contributed by atoms with Crippen molar-refractivity contribution in [3.63, 3.8) is 0 Å². The Balaban J connectivity index is 0.000000281.